The number of ether oxygens (including phenoxy) is 2. The van der Waals surface area contributed by atoms with E-state index in [1.165, 1.54) is 16.9 Å². The van der Waals surface area contributed by atoms with Gasteiger partial charge in [0, 0.05) is 12.4 Å². The van der Waals surface area contributed by atoms with E-state index in [2.05, 4.69) is 10.4 Å². The molecule has 2 aromatic carbocycles. The summed E-state index contributed by atoms with van der Waals surface area (Å²) in [6.45, 7) is 1.65. The lowest BCUT2D eigenvalue weighted by Gasteiger charge is -2.31. The Morgan fingerprint density at radius 2 is 1.83 bits per heavy atom. The van der Waals surface area contributed by atoms with Crippen LogP contribution >= 0.6 is 0 Å². The second kappa shape index (κ2) is 7.16. The third kappa shape index (κ3) is 3.75. The van der Waals surface area contributed by atoms with Gasteiger partial charge >= 0.3 is 6.18 Å². The Morgan fingerprint density at radius 3 is 2.48 bits per heavy atom. The molecule has 1 N–H and O–H groups in total. The number of halogens is 3. The van der Waals surface area contributed by atoms with Gasteiger partial charge in [0.15, 0.2) is 11.5 Å². The molecule has 29 heavy (non-hydrogen) atoms. The number of aromatic nitrogens is 2. The molecule has 2 heterocycles. The van der Waals surface area contributed by atoms with Gasteiger partial charge in [-0.15, -0.1) is 0 Å². The van der Waals surface area contributed by atoms with Gasteiger partial charge in [-0.25, -0.2) is 4.68 Å². The molecule has 150 valence electrons. The van der Waals surface area contributed by atoms with Gasteiger partial charge in [-0.1, -0.05) is 12.1 Å². The average Bonchev–Trinajstić information content (AvgIpc) is 3.21. The number of alkyl halides is 3. The van der Waals surface area contributed by atoms with Crippen molar-refractivity contribution >= 4 is 11.6 Å². The lowest BCUT2D eigenvalue weighted by atomic mass is 10.1. The number of anilines is 1. The van der Waals surface area contributed by atoms with E-state index in [1.54, 1.807) is 43.5 Å². The summed E-state index contributed by atoms with van der Waals surface area (Å²) in [5.41, 5.74) is -0.632. The van der Waals surface area contributed by atoms with E-state index in [-0.39, 0.29) is 5.69 Å². The highest BCUT2D eigenvalue weighted by molar-refractivity contribution is 5.97. The Bertz CT molecular complexity index is 1030. The third-order valence-electron chi connectivity index (χ3n) is 4.43. The summed E-state index contributed by atoms with van der Waals surface area (Å²) in [7, 11) is 0. The van der Waals surface area contributed by atoms with E-state index in [9.17, 15) is 18.0 Å². The van der Waals surface area contributed by atoms with Crippen molar-refractivity contribution in [2.24, 2.45) is 0 Å². The number of benzene rings is 2. The molecule has 2 unspecified atom stereocenters. The van der Waals surface area contributed by atoms with Crippen molar-refractivity contribution in [2.45, 2.75) is 25.3 Å². The maximum atomic E-state index is 13.2. The van der Waals surface area contributed by atoms with E-state index in [4.69, 9.17) is 9.47 Å². The summed E-state index contributed by atoms with van der Waals surface area (Å²) in [5, 5.41) is 6.57. The summed E-state index contributed by atoms with van der Waals surface area (Å²) in [4.78, 5) is 12.8. The molecule has 1 amide bonds. The Hall–Kier alpha value is -3.49. The molecule has 0 aliphatic carbocycles. The number of nitrogens with zero attached hydrogens (tertiary/aromatic N) is 2. The van der Waals surface area contributed by atoms with Crippen LogP contribution in [0.25, 0.3) is 5.69 Å². The molecular weight excluding hydrogens is 387 g/mol. The lowest BCUT2D eigenvalue weighted by Crippen LogP contribution is -2.46. The van der Waals surface area contributed by atoms with Crippen molar-refractivity contribution in [1.29, 1.82) is 0 Å². The zero-order valence-corrected chi connectivity index (χ0v) is 15.2. The first-order valence-corrected chi connectivity index (χ1v) is 8.77. The van der Waals surface area contributed by atoms with Gasteiger partial charge in [-0.3, -0.25) is 4.79 Å². The Balaban J connectivity index is 1.65. The topological polar surface area (TPSA) is 65.4 Å². The fourth-order valence-electron chi connectivity index (χ4n) is 3.03. The number of carbonyl (C=O) groups is 1. The minimum absolute atomic E-state index is 0.0387. The third-order valence-corrected chi connectivity index (χ3v) is 4.43. The highest BCUT2D eigenvalue weighted by Gasteiger charge is 2.35. The largest absolute Gasteiger partial charge is 0.482 e. The molecule has 0 radical (unpaired) electrons. The molecule has 0 saturated carbocycles. The summed E-state index contributed by atoms with van der Waals surface area (Å²) in [5.74, 6) is 0.266. The molecule has 1 aromatic heterocycles. The number of nitrogens with one attached hydrogen (secondary N) is 1. The smallest absolute Gasteiger partial charge is 0.416 e. The van der Waals surface area contributed by atoms with Gasteiger partial charge in [0.25, 0.3) is 5.91 Å². The van der Waals surface area contributed by atoms with Crippen molar-refractivity contribution in [3.05, 3.63) is 66.5 Å². The number of hydrogen-bond acceptors (Lipinski definition) is 4. The molecular formula is C20H16F3N3O3. The van der Waals surface area contributed by atoms with Gasteiger partial charge in [0.2, 0.25) is 6.10 Å². The molecule has 0 bridgehead atoms. The summed E-state index contributed by atoms with van der Waals surface area (Å²) < 4.78 is 52.3. The molecule has 3 aromatic rings. The predicted octanol–water partition coefficient (Wildman–Crippen LogP) is 4.06. The van der Waals surface area contributed by atoms with Crippen LogP contribution in [0.3, 0.4) is 0 Å². The van der Waals surface area contributed by atoms with Gasteiger partial charge in [-0.2, -0.15) is 18.3 Å². The number of hydrogen-bond donors (Lipinski definition) is 1. The van der Waals surface area contributed by atoms with E-state index in [1.807, 2.05) is 0 Å². The van der Waals surface area contributed by atoms with Crippen molar-refractivity contribution in [2.75, 3.05) is 5.32 Å². The maximum Gasteiger partial charge on any atom is 0.416 e. The summed E-state index contributed by atoms with van der Waals surface area (Å²) in [6.07, 6.45) is -3.18. The van der Waals surface area contributed by atoms with Gasteiger partial charge in [0.1, 0.15) is 6.10 Å². The minimum atomic E-state index is -4.56. The van der Waals surface area contributed by atoms with Crippen LogP contribution < -0.4 is 14.8 Å². The van der Waals surface area contributed by atoms with E-state index in [0.29, 0.717) is 17.2 Å². The zero-order valence-electron chi connectivity index (χ0n) is 15.2. The standard InChI is InChI=1S/C20H16F3N3O3/c1-12-18(29-17-6-3-2-5-16(17)28-12)19(27)25-14-11-13(20(21,22)23)7-8-15(14)26-10-4-9-24-26/h2-12,18H,1H3,(H,25,27). The van der Waals surface area contributed by atoms with E-state index in [0.717, 1.165) is 12.1 Å². The average molecular weight is 403 g/mol. The van der Waals surface area contributed by atoms with Crippen LogP contribution in [0.15, 0.2) is 60.9 Å². The van der Waals surface area contributed by atoms with Crippen molar-refractivity contribution < 1.29 is 27.4 Å². The Labute approximate surface area is 163 Å². The van der Waals surface area contributed by atoms with Gasteiger partial charge < -0.3 is 14.8 Å². The van der Waals surface area contributed by atoms with Crippen LogP contribution in [-0.4, -0.2) is 27.9 Å². The first kappa shape index (κ1) is 18.9. The summed E-state index contributed by atoms with van der Waals surface area (Å²) >= 11 is 0. The monoisotopic (exact) mass is 403 g/mol. The number of fused-ring (bicyclic) bond motifs is 1. The SMILES string of the molecule is CC1Oc2ccccc2OC1C(=O)Nc1cc(C(F)(F)F)ccc1-n1cccn1. The minimum Gasteiger partial charge on any atom is -0.482 e. The molecule has 0 fully saturated rings. The van der Waals surface area contributed by atoms with Crippen LogP contribution in [0.4, 0.5) is 18.9 Å². The Morgan fingerprint density at radius 1 is 1.10 bits per heavy atom. The number of para-hydroxylation sites is 2. The molecule has 4 rings (SSSR count). The Kier molecular flexibility index (Phi) is 4.65. The van der Waals surface area contributed by atoms with Crippen LogP contribution in [0.5, 0.6) is 11.5 Å². The second-order valence-electron chi connectivity index (χ2n) is 6.48. The predicted molar refractivity (Wildman–Crippen MR) is 98.1 cm³/mol. The van der Waals surface area contributed by atoms with Gasteiger partial charge in [0.05, 0.1) is 16.9 Å². The van der Waals surface area contributed by atoms with Crippen molar-refractivity contribution in [1.82, 2.24) is 9.78 Å². The highest BCUT2D eigenvalue weighted by Crippen LogP contribution is 2.35. The quantitative estimate of drug-likeness (QED) is 0.716. The lowest BCUT2D eigenvalue weighted by molar-refractivity contribution is -0.137. The number of carbonyl (C=O) groups excluding carboxylic acids is 1. The zero-order chi connectivity index (χ0) is 20.6. The van der Waals surface area contributed by atoms with Gasteiger partial charge in [-0.05, 0) is 43.3 Å². The van der Waals surface area contributed by atoms with E-state index >= 15 is 0 Å². The fraction of sp³-hybridized carbons (Fsp3) is 0.200. The van der Waals surface area contributed by atoms with Crippen LogP contribution in [0.1, 0.15) is 12.5 Å². The van der Waals surface area contributed by atoms with Crippen LogP contribution in [-0.2, 0) is 11.0 Å². The molecule has 2 atom stereocenters. The van der Waals surface area contributed by atoms with Crippen molar-refractivity contribution in [3.8, 4) is 17.2 Å². The molecule has 1 aliphatic rings. The first-order chi connectivity index (χ1) is 13.8. The molecule has 9 heteroatoms. The first-order valence-electron chi connectivity index (χ1n) is 8.77. The molecule has 1 aliphatic heterocycles. The van der Waals surface area contributed by atoms with Crippen LogP contribution in [0, 0.1) is 0 Å². The fourth-order valence-corrected chi connectivity index (χ4v) is 3.03. The molecule has 0 spiro atoms. The second-order valence-corrected chi connectivity index (χ2v) is 6.48. The summed E-state index contributed by atoms with van der Waals surface area (Å²) in [6, 6.07) is 11.6. The number of amides is 1. The maximum absolute atomic E-state index is 13.2. The highest BCUT2D eigenvalue weighted by atomic mass is 19.4. The number of rotatable bonds is 3. The van der Waals surface area contributed by atoms with Crippen molar-refractivity contribution in [3.63, 3.8) is 0 Å². The van der Waals surface area contributed by atoms with Crippen LogP contribution in [0.2, 0.25) is 0 Å². The molecule has 6 nitrogen and oxygen atoms in total. The van der Waals surface area contributed by atoms with E-state index < -0.39 is 29.9 Å². The normalized spacial score (nSPS) is 18.3. The molecule has 0 saturated heterocycles.